The van der Waals surface area contributed by atoms with Gasteiger partial charge in [-0.25, -0.2) is 4.98 Å². The smallest absolute Gasteiger partial charge is 0.237 e. The van der Waals surface area contributed by atoms with E-state index in [2.05, 4.69) is 24.7 Å². The first-order chi connectivity index (χ1) is 11.6. The van der Waals surface area contributed by atoms with E-state index in [1.54, 1.807) is 11.3 Å². The Bertz CT molecular complexity index is 646. The van der Waals surface area contributed by atoms with Crippen molar-refractivity contribution in [2.45, 2.75) is 26.1 Å². The highest BCUT2D eigenvalue weighted by molar-refractivity contribution is 7.09. The van der Waals surface area contributed by atoms with Gasteiger partial charge in [0.2, 0.25) is 5.91 Å². The number of piperazine rings is 1. The summed E-state index contributed by atoms with van der Waals surface area (Å²) >= 11 is 1.67. The molecule has 0 aromatic carbocycles. The molecule has 7 heteroatoms. The lowest BCUT2D eigenvalue weighted by Crippen LogP contribution is -2.53. The molecule has 0 aliphatic carbocycles. The summed E-state index contributed by atoms with van der Waals surface area (Å²) in [4.78, 5) is 22.6. The molecule has 3 rings (SSSR count). The molecule has 1 aliphatic rings. The molecule has 1 saturated heterocycles. The number of carbonyl (C=O) groups is 1. The van der Waals surface area contributed by atoms with Gasteiger partial charge in [-0.3, -0.25) is 14.6 Å². The summed E-state index contributed by atoms with van der Waals surface area (Å²) in [5.74, 6) is 1.20. The Hall–Kier alpha value is -1.70. The lowest BCUT2D eigenvalue weighted by molar-refractivity contribution is -0.126. The van der Waals surface area contributed by atoms with Crippen molar-refractivity contribution >= 4 is 17.2 Å². The fourth-order valence-corrected chi connectivity index (χ4v) is 3.60. The minimum absolute atomic E-state index is 0.0831. The highest BCUT2D eigenvalue weighted by atomic mass is 32.1. The van der Waals surface area contributed by atoms with E-state index < -0.39 is 0 Å². The van der Waals surface area contributed by atoms with E-state index in [4.69, 9.17) is 0 Å². The fraction of sp³-hybridized carbons (Fsp3) is 0.529. The molecule has 0 spiro atoms. The maximum absolute atomic E-state index is 12.3. The molecule has 6 nitrogen and oxygen atoms in total. The first-order valence-electron chi connectivity index (χ1n) is 8.36. The Balaban J connectivity index is 1.43. The van der Waals surface area contributed by atoms with Crippen molar-refractivity contribution in [2.75, 3.05) is 26.2 Å². The van der Waals surface area contributed by atoms with Gasteiger partial charge < -0.3 is 9.88 Å². The van der Waals surface area contributed by atoms with Crippen LogP contribution in [0.5, 0.6) is 0 Å². The maximum Gasteiger partial charge on any atom is 0.237 e. The van der Waals surface area contributed by atoms with E-state index in [-0.39, 0.29) is 11.9 Å². The van der Waals surface area contributed by atoms with Crippen molar-refractivity contribution in [1.82, 2.24) is 24.7 Å². The monoisotopic (exact) mass is 347 g/mol. The van der Waals surface area contributed by atoms with Crippen molar-refractivity contribution in [3.63, 3.8) is 0 Å². The number of thiophene rings is 1. The van der Waals surface area contributed by atoms with E-state index in [1.807, 2.05) is 43.9 Å². The van der Waals surface area contributed by atoms with Crippen LogP contribution in [-0.2, 0) is 24.9 Å². The molecule has 1 amide bonds. The molecule has 1 aliphatic heterocycles. The number of imidazole rings is 1. The summed E-state index contributed by atoms with van der Waals surface area (Å²) < 4.78 is 2.06. The summed E-state index contributed by atoms with van der Waals surface area (Å²) in [6.45, 7) is 7.26. The second-order valence-corrected chi connectivity index (χ2v) is 7.27. The Morgan fingerprint density at radius 1 is 1.38 bits per heavy atom. The molecule has 0 unspecified atom stereocenters. The Morgan fingerprint density at radius 3 is 2.79 bits per heavy atom. The maximum atomic E-state index is 12.3. The van der Waals surface area contributed by atoms with E-state index in [0.29, 0.717) is 6.54 Å². The molecule has 130 valence electrons. The average Bonchev–Trinajstić information content (AvgIpc) is 3.25. The lowest BCUT2D eigenvalue weighted by atomic mass is 10.2. The van der Waals surface area contributed by atoms with Crippen LogP contribution in [0.4, 0.5) is 0 Å². The third-order valence-electron chi connectivity index (χ3n) is 4.64. The standard InChI is InChI=1S/C17H25N5OS/c1-14(17(23)19-12-15-4-3-11-24-15)22-9-7-21(8-10-22)13-16-18-5-6-20(16)2/h3-6,11,14H,7-10,12-13H2,1-2H3,(H,19,23)/t14-/m1/s1. The summed E-state index contributed by atoms with van der Waals surface area (Å²) in [5.41, 5.74) is 0. The largest absolute Gasteiger partial charge is 0.350 e. The summed E-state index contributed by atoms with van der Waals surface area (Å²) in [6, 6.07) is 3.97. The minimum atomic E-state index is -0.0831. The zero-order valence-corrected chi connectivity index (χ0v) is 15.1. The van der Waals surface area contributed by atoms with Crippen LogP contribution in [0.2, 0.25) is 0 Å². The van der Waals surface area contributed by atoms with Gasteiger partial charge in [-0.05, 0) is 18.4 Å². The fourth-order valence-electron chi connectivity index (χ4n) is 2.96. The molecule has 24 heavy (non-hydrogen) atoms. The SMILES string of the molecule is C[C@H](C(=O)NCc1cccs1)N1CCN(Cc2nccn2C)CC1. The Kier molecular flexibility index (Phi) is 5.65. The topological polar surface area (TPSA) is 53.4 Å². The third kappa shape index (κ3) is 4.23. The van der Waals surface area contributed by atoms with Gasteiger partial charge in [0.1, 0.15) is 5.82 Å². The number of hydrogen-bond donors (Lipinski definition) is 1. The molecule has 1 fully saturated rings. The van der Waals surface area contributed by atoms with Crippen molar-refractivity contribution in [2.24, 2.45) is 7.05 Å². The minimum Gasteiger partial charge on any atom is -0.350 e. The molecular formula is C17H25N5OS. The van der Waals surface area contributed by atoms with Crippen LogP contribution in [0.15, 0.2) is 29.9 Å². The highest BCUT2D eigenvalue weighted by Crippen LogP contribution is 2.11. The van der Waals surface area contributed by atoms with Gasteiger partial charge in [0.05, 0.1) is 19.1 Å². The number of aryl methyl sites for hydroxylation is 1. The highest BCUT2D eigenvalue weighted by Gasteiger charge is 2.25. The molecule has 3 heterocycles. The van der Waals surface area contributed by atoms with Crippen molar-refractivity contribution in [1.29, 1.82) is 0 Å². The number of rotatable bonds is 6. The number of nitrogens with zero attached hydrogens (tertiary/aromatic N) is 4. The van der Waals surface area contributed by atoms with Gasteiger partial charge in [-0.1, -0.05) is 6.07 Å². The first-order valence-corrected chi connectivity index (χ1v) is 9.24. The third-order valence-corrected chi connectivity index (χ3v) is 5.51. The molecule has 2 aromatic heterocycles. The summed E-state index contributed by atoms with van der Waals surface area (Å²) in [6.07, 6.45) is 3.82. The lowest BCUT2D eigenvalue weighted by Gasteiger charge is -2.37. The van der Waals surface area contributed by atoms with Crippen LogP contribution in [-0.4, -0.2) is 57.5 Å². The quantitative estimate of drug-likeness (QED) is 0.856. The second kappa shape index (κ2) is 7.92. The molecule has 1 N–H and O–H groups in total. The molecule has 0 saturated carbocycles. The van der Waals surface area contributed by atoms with Crippen molar-refractivity contribution < 1.29 is 4.79 Å². The Labute approximate surface area is 147 Å². The molecule has 0 radical (unpaired) electrons. The number of hydrogen-bond acceptors (Lipinski definition) is 5. The molecule has 1 atom stereocenters. The molecule has 0 bridgehead atoms. The van der Waals surface area contributed by atoms with Gasteiger partial charge in [0.15, 0.2) is 0 Å². The van der Waals surface area contributed by atoms with Crippen LogP contribution < -0.4 is 5.32 Å². The second-order valence-electron chi connectivity index (χ2n) is 6.24. The normalized spacial score (nSPS) is 17.8. The summed E-state index contributed by atoms with van der Waals surface area (Å²) in [5, 5.41) is 5.07. The number of amides is 1. The van der Waals surface area contributed by atoms with Gasteiger partial charge >= 0.3 is 0 Å². The average molecular weight is 347 g/mol. The van der Waals surface area contributed by atoms with E-state index in [1.165, 1.54) is 4.88 Å². The van der Waals surface area contributed by atoms with Crippen molar-refractivity contribution in [3.8, 4) is 0 Å². The summed E-state index contributed by atoms with van der Waals surface area (Å²) in [7, 11) is 2.03. The van der Waals surface area contributed by atoms with Crippen LogP contribution >= 0.6 is 11.3 Å². The van der Waals surface area contributed by atoms with E-state index >= 15 is 0 Å². The predicted molar refractivity (Wildman–Crippen MR) is 95.7 cm³/mol. The first kappa shape index (κ1) is 17.1. The zero-order chi connectivity index (χ0) is 16.9. The van der Waals surface area contributed by atoms with Gasteiger partial charge in [0, 0.05) is 50.5 Å². The van der Waals surface area contributed by atoms with E-state index in [0.717, 1.165) is 38.5 Å². The van der Waals surface area contributed by atoms with Crippen LogP contribution in [0.1, 0.15) is 17.6 Å². The number of nitrogens with one attached hydrogen (secondary N) is 1. The Morgan fingerprint density at radius 2 is 2.17 bits per heavy atom. The van der Waals surface area contributed by atoms with Gasteiger partial charge in [0.25, 0.3) is 0 Å². The van der Waals surface area contributed by atoms with Crippen LogP contribution in [0, 0.1) is 0 Å². The van der Waals surface area contributed by atoms with Crippen molar-refractivity contribution in [3.05, 3.63) is 40.6 Å². The zero-order valence-electron chi connectivity index (χ0n) is 14.3. The molecular weight excluding hydrogens is 322 g/mol. The number of carbonyl (C=O) groups excluding carboxylic acids is 1. The predicted octanol–water partition coefficient (Wildman–Crippen LogP) is 1.30. The molecule has 2 aromatic rings. The van der Waals surface area contributed by atoms with Crippen LogP contribution in [0.3, 0.4) is 0 Å². The van der Waals surface area contributed by atoms with Gasteiger partial charge in [-0.2, -0.15) is 0 Å². The van der Waals surface area contributed by atoms with Gasteiger partial charge in [-0.15, -0.1) is 11.3 Å². The van der Waals surface area contributed by atoms with Crippen LogP contribution in [0.25, 0.3) is 0 Å². The van der Waals surface area contributed by atoms with E-state index in [9.17, 15) is 4.79 Å². The number of aromatic nitrogens is 2.